The van der Waals surface area contributed by atoms with Crippen LogP contribution in [0.25, 0.3) is 0 Å². The van der Waals surface area contributed by atoms with E-state index >= 15 is 0 Å². The number of hydrogen-bond acceptors (Lipinski definition) is 2. The standard InChI is InChI=1S/C16H22N2O/c1-2-11-4-3-5-14(11)17-13-7-8-15-12(10-13)6-9-16(19)18-15/h7-8,10-11,14,17H,2-6,9H2,1H3,(H,18,19). The second-order valence-electron chi connectivity index (χ2n) is 5.77. The average molecular weight is 258 g/mol. The third-order valence-corrected chi connectivity index (χ3v) is 4.54. The molecule has 102 valence electrons. The maximum Gasteiger partial charge on any atom is 0.224 e. The molecule has 1 amide bonds. The molecule has 3 nitrogen and oxygen atoms in total. The maximum atomic E-state index is 11.3. The third-order valence-electron chi connectivity index (χ3n) is 4.54. The molecule has 3 rings (SSSR count). The summed E-state index contributed by atoms with van der Waals surface area (Å²) in [5.74, 6) is 0.950. The van der Waals surface area contributed by atoms with Crippen LogP contribution in [0.15, 0.2) is 18.2 Å². The van der Waals surface area contributed by atoms with E-state index in [1.165, 1.54) is 36.9 Å². The first kappa shape index (κ1) is 12.5. The lowest BCUT2D eigenvalue weighted by atomic mass is 9.99. The summed E-state index contributed by atoms with van der Waals surface area (Å²) >= 11 is 0. The minimum atomic E-state index is 0.134. The molecular weight excluding hydrogens is 236 g/mol. The fourth-order valence-electron chi connectivity index (χ4n) is 3.40. The molecule has 0 aromatic heterocycles. The summed E-state index contributed by atoms with van der Waals surface area (Å²) in [6.45, 7) is 2.28. The normalized spacial score (nSPS) is 25.8. The number of benzene rings is 1. The van der Waals surface area contributed by atoms with E-state index in [1.54, 1.807) is 0 Å². The lowest BCUT2D eigenvalue weighted by Gasteiger charge is -2.23. The van der Waals surface area contributed by atoms with Crippen LogP contribution in [0.1, 0.15) is 44.6 Å². The Bertz CT molecular complexity index is 484. The van der Waals surface area contributed by atoms with E-state index in [2.05, 4.69) is 29.7 Å². The molecule has 1 aliphatic carbocycles. The van der Waals surface area contributed by atoms with Gasteiger partial charge in [-0.1, -0.05) is 19.8 Å². The summed E-state index contributed by atoms with van der Waals surface area (Å²) in [5.41, 5.74) is 3.45. The quantitative estimate of drug-likeness (QED) is 0.870. The van der Waals surface area contributed by atoms with Crippen LogP contribution in [0.5, 0.6) is 0 Å². The Kier molecular flexibility index (Phi) is 3.45. The van der Waals surface area contributed by atoms with E-state index in [4.69, 9.17) is 0 Å². The van der Waals surface area contributed by atoms with Gasteiger partial charge in [-0.2, -0.15) is 0 Å². The molecule has 1 aromatic rings. The number of rotatable bonds is 3. The Labute approximate surface area is 114 Å². The first-order valence-electron chi connectivity index (χ1n) is 7.45. The zero-order valence-electron chi connectivity index (χ0n) is 11.5. The van der Waals surface area contributed by atoms with Crippen LogP contribution in [0.3, 0.4) is 0 Å². The molecule has 0 bridgehead atoms. The number of amides is 1. The lowest BCUT2D eigenvalue weighted by Crippen LogP contribution is -2.24. The van der Waals surface area contributed by atoms with Crippen molar-refractivity contribution in [2.24, 2.45) is 5.92 Å². The number of nitrogens with one attached hydrogen (secondary N) is 2. The van der Waals surface area contributed by atoms with Crippen LogP contribution in [-0.2, 0) is 11.2 Å². The van der Waals surface area contributed by atoms with Gasteiger partial charge in [0, 0.05) is 23.8 Å². The van der Waals surface area contributed by atoms with Crippen LogP contribution < -0.4 is 10.6 Å². The lowest BCUT2D eigenvalue weighted by molar-refractivity contribution is -0.116. The Hall–Kier alpha value is -1.51. The van der Waals surface area contributed by atoms with Gasteiger partial charge >= 0.3 is 0 Å². The second-order valence-corrected chi connectivity index (χ2v) is 5.77. The predicted molar refractivity (Wildman–Crippen MR) is 78.4 cm³/mol. The zero-order valence-corrected chi connectivity index (χ0v) is 11.5. The van der Waals surface area contributed by atoms with Gasteiger partial charge in [-0.25, -0.2) is 0 Å². The van der Waals surface area contributed by atoms with Crippen molar-refractivity contribution in [2.75, 3.05) is 10.6 Å². The Morgan fingerprint density at radius 1 is 1.32 bits per heavy atom. The van der Waals surface area contributed by atoms with E-state index in [-0.39, 0.29) is 5.91 Å². The molecular formula is C16H22N2O. The molecule has 0 saturated heterocycles. The molecule has 1 saturated carbocycles. The highest BCUT2D eigenvalue weighted by Crippen LogP contribution is 2.32. The molecule has 1 heterocycles. The molecule has 2 N–H and O–H groups in total. The predicted octanol–water partition coefficient (Wildman–Crippen LogP) is 3.56. The largest absolute Gasteiger partial charge is 0.382 e. The van der Waals surface area contributed by atoms with Crippen LogP contribution in [0.2, 0.25) is 0 Å². The number of fused-ring (bicyclic) bond motifs is 1. The summed E-state index contributed by atoms with van der Waals surface area (Å²) < 4.78 is 0. The first-order valence-corrected chi connectivity index (χ1v) is 7.45. The Morgan fingerprint density at radius 3 is 3.05 bits per heavy atom. The maximum absolute atomic E-state index is 11.3. The Morgan fingerprint density at radius 2 is 2.21 bits per heavy atom. The minimum absolute atomic E-state index is 0.134. The average Bonchev–Trinajstić information content (AvgIpc) is 2.86. The SMILES string of the molecule is CCC1CCCC1Nc1ccc2c(c1)CCC(=O)N2. The fraction of sp³-hybridized carbons (Fsp3) is 0.562. The molecule has 2 aliphatic rings. The summed E-state index contributed by atoms with van der Waals surface area (Å²) in [6, 6.07) is 6.96. The molecule has 0 spiro atoms. The number of anilines is 2. The van der Waals surface area contributed by atoms with Crippen LogP contribution >= 0.6 is 0 Å². The number of carbonyl (C=O) groups is 1. The highest BCUT2D eigenvalue weighted by atomic mass is 16.1. The fourth-order valence-corrected chi connectivity index (χ4v) is 3.40. The van der Waals surface area contributed by atoms with Gasteiger partial charge in [0.2, 0.25) is 5.91 Å². The van der Waals surface area contributed by atoms with E-state index in [0.29, 0.717) is 12.5 Å². The minimum Gasteiger partial charge on any atom is -0.382 e. The summed E-state index contributed by atoms with van der Waals surface area (Å²) in [6.07, 6.45) is 6.72. The Balaban J connectivity index is 1.74. The molecule has 19 heavy (non-hydrogen) atoms. The van der Waals surface area contributed by atoms with Gasteiger partial charge in [0.15, 0.2) is 0 Å². The third kappa shape index (κ3) is 2.60. The first-order chi connectivity index (χ1) is 9.26. The second kappa shape index (κ2) is 5.24. The highest BCUT2D eigenvalue weighted by molar-refractivity contribution is 5.94. The van der Waals surface area contributed by atoms with Gasteiger partial charge < -0.3 is 10.6 Å². The van der Waals surface area contributed by atoms with Crippen molar-refractivity contribution in [3.8, 4) is 0 Å². The van der Waals surface area contributed by atoms with Crippen LogP contribution in [0, 0.1) is 5.92 Å². The van der Waals surface area contributed by atoms with Crippen molar-refractivity contribution < 1.29 is 4.79 Å². The molecule has 0 radical (unpaired) electrons. The number of aryl methyl sites for hydroxylation is 1. The van der Waals surface area contributed by atoms with Gasteiger partial charge in [0.1, 0.15) is 0 Å². The van der Waals surface area contributed by atoms with Crippen molar-refractivity contribution in [3.05, 3.63) is 23.8 Å². The van der Waals surface area contributed by atoms with Crippen molar-refractivity contribution in [2.45, 2.75) is 51.5 Å². The summed E-state index contributed by atoms with van der Waals surface area (Å²) in [7, 11) is 0. The van der Waals surface area contributed by atoms with Gasteiger partial charge in [-0.15, -0.1) is 0 Å². The molecule has 2 atom stereocenters. The van der Waals surface area contributed by atoms with Gasteiger partial charge in [-0.05, 0) is 48.9 Å². The van der Waals surface area contributed by atoms with Crippen molar-refractivity contribution in [1.29, 1.82) is 0 Å². The molecule has 1 aromatic carbocycles. The summed E-state index contributed by atoms with van der Waals surface area (Å²) in [4.78, 5) is 11.3. The number of carbonyl (C=O) groups excluding carboxylic acids is 1. The molecule has 2 unspecified atom stereocenters. The van der Waals surface area contributed by atoms with Crippen LogP contribution in [-0.4, -0.2) is 11.9 Å². The smallest absolute Gasteiger partial charge is 0.224 e. The summed E-state index contributed by atoms with van der Waals surface area (Å²) in [5, 5.41) is 6.62. The van der Waals surface area contributed by atoms with Gasteiger partial charge in [-0.3, -0.25) is 4.79 Å². The number of hydrogen-bond donors (Lipinski definition) is 2. The topological polar surface area (TPSA) is 41.1 Å². The van der Waals surface area contributed by atoms with E-state index in [9.17, 15) is 4.79 Å². The van der Waals surface area contributed by atoms with E-state index in [0.717, 1.165) is 18.0 Å². The molecule has 1 aliphatic heterocycles. The van der Waals surface area contributed by atoms with E-state index < -0.39 is 0 Å². The van der Waals surface area contributed by atoms with Crippen LogP contribution in [0.4, 0.5) is 11.4 Å². The van der Waals surface area contributed by atoms with Crippen molar-refractivity contribution in [3.63, 3.8) is 0 Å². The molecule has 1 fully saturated rings. The van der Waals surface area contributed by atoms with E-state index in [1.807, 2.05) is 6.07 Å². The van der Waals surface area contributed by atoms with Crippen molar-refractivity contribution >= 4 is 17.3 Å². The monoisotopic (exact) mass is 258 g/mol. The molecule has 3 heteroatoms. The van der Waals surface area contributed by atoms with Gasteiger partial charge in [0.25, 0.3) is 0 Å². The highest BCUT2D eigenvalue weighted by Gasteiger charge is 2.25. The van der Waals surface area contributed by atoms with Crippen molar-refractivity contribution in [1.82, 2.24) is 0 Å². The van der Waals surface area contributed by atoms with Gasteiger partial charge in [0.05, 0.1) is 0 Å². The zero-order chi connectivity index (χ0) is 13.2.